The summed E-state index contributed by atoms with van der Waals surface area (Å²) in [6.45, 7) is 12.0. The van der Waals surface area contributed by atoms with Crippen LogP contribution in [0.2, 0.25) is 0 Å². The molecule has 17 nitrogen and oxygen atoms in total. The number of aromatic nitrogens is 3. The number of thiazole rings is 1. The van der Waals surface area contributed by atoms with Crippen LogP contribution in [0.25, 0.3) is 33.4 Å². The van der Waals surface area contributed by atoms with Gasteiger partial charge in [0, 0.05) is 93.7 Å². The van der Waals surface area contributed by atoms with Crippen molar-refractivity contribution in [1.82, 2.24) is 45.0 Å². The normalized spacial score (nSPS) is 21.4. The largest absolute Gasteiger partial charge is 0.464 e. The summed E-state index contributed by atoms with van der Waals surface area (Å²) >= 11 is 1.13. The second-order valence-electron chi connectivity index (χ2n) is 20.5. The summed E-state index contributed by atoms with van der Waals surface area (Å²) in [6, 6.07) is 0.924. The van der Waals surface area contributed by atoms with Gasteiger partial charge in [0.25, 0.3) is 5.91 Å². The van der Waals surface area contributed by atoms with E-state index in [1.165, 1.54) is 23.1 Å². The number of nitrogens with zero attached hydrogens (tertiary/aromatic N) is 8. The number of likely N-dealkylation sites (N-methyl/N-ethyl adjacent to an activating group) is 2. The van der Waals surface area contributed by atoms with Gasteiger partial charge >= 0.3 is 18.2 Å². The van der Waals surface area contributed by atoms with Crippen LogP contribution in [-0.4, -0.2) is 169 Å². The zero-order valence-electron chi connectivity index (χ0n) is 42.2. The van der Waals surface area contributed by atoms with Crippen molar-refractivity contribution < 1.29 is 51.0 Å². The number of hydrogen-bond donors (Lipinski definition) is 2. The minimum atomic E-state index is -4.74. The molecule has 0 radical (unpaired) electrons. The van der Waals surface area contributed by atoms with Crippen LogP contribution >= 0.6 is 11.3 Å². The lowest BCUT2D eigenvalue weighted by Crippen LogP contribution is -2.62. The molecular weight excluding hydrogens is 961 g/mol. The monoisotopic (exact) mass is 1030 g/mol. The highest BCUT2D eigenvalue weighted by molar-refractivity contribution is 7.10. The number of hydrazine groups is 1. The number of carbonyl (C=O) groups is 4. The third-order valence-corrected chi connectivity index (χ3v) is 15.0. The number of ether oxygens (including phenoxy) is 3. The Kier molecular flexibility index (Phi) is 15.9. The van der Waals surface area contributed by atoms with Crippen molar-refractivity contribution in [2.24, 2.45) is 11.3 Å². The first-order valence-corrected chi connectivity index (χ1v) is 25.5. The smallest absolute Gasteiger partial charge is 0.406 e. The van der Waals surface area contributed by atoms with Crippen LogP contribution in [0.4, 0.5) is 28.0 Å². The second-order valence-corrected chi connectivity index (χ2v) is 21.5. The molecule has 0 saturated carbocycles. The molecular formula is C50H66F4N10O7S. The maximum atomic E-state index is 16.9. The molecule has 8 rings (SSSR count). The number of fused-ring (bicyclic) bond motifs is 6. The number of alkyl halides is 3. The Labute approximate surface area is 421 Å². The van der Waals surface area contributed by atoms with Crippen LogP contribution in [0.15, 0.2) is 29.8 Å². The number of benzene rings is 1. The SMILES string of the molecule is CO[C@@H](C)c1ncc(N2CCN(C)CC2)cc1-c1c2c3cc(c(F)cc3n1CC(F)(F)F)-c1csc(n1)C[C@H](NC(=O)[C@H](C(C)C)N(C)C(=O)N1CCOCC1)C(=O)N1CCC[C@H](N1)C(=O)OCC(C)(C)C2. The number of urea groups is 1. The van der Waals surface area contributed by atoms with Crippen LogP contribution in [-0.2, 0) is 48.0 Å². The Morgan fingerprint density at radius 3 is 2.44 bits per heavy atom. The number of nitrogens with one attached hydrogen (secondary N) is 2. The van der Waals surface area contributed by atoms with Crippen molar-refractivity contribution in [1.29, 1.82) is 0 Å². The zero-order chi connectivity index (χ0) is 51.8. The van der Waals surface area contributed by atoms with Crippen LogP contribution in [0.1, 0.15) is 69.8 Å². The summed E-state index contributed by atoms with van der Waals surface area (Å²) in [6.07, 6.45) is -3.00. The van der Waals surface area contributed by atoms with E-state index in [0.29, 0.717) is 85.1 Å². The number of anilines is 1. The number of methoxy groups -OCH3 is 1. The van der Waals surface area contributed by atoms with E-state index in [0.717, 1.165) is 35.1 Å². The molecule has 4 aromatic rings. The Balaban J connectivity index is 1.26. The lowest BCUT2D eigenvalue weighted by atomic mass is 9.84. The molecule has 4 aliphatic rings. The molecule has 4 amide bonds. The van der Waals surface area contributed by atoms with E-state index in [4.69, 9.17) is 24.2 Å². The number of pyridine rings is 1. The summed E-state index contributed by atoms with van der Waals surface area (Å²) in [5.41, 5.74) is 4.45. The first-order valence-electron chi connectivity index (χ1n) is 24.6. The number of rotatable bonds is 9. The molecule has 4 aliphatic heterocycles. The number of halogens is 4. The van der Waals surface area contributed by atoms with Crippen molar-refractivity contribution in [3.63, 3.8) is 0 Å². The van der Waals surface area contributed by atoms with Gasteiger partial charge in [0.05, 0.1) is 65.4 Å². The van der Waals surface area contributed by atoms with E-state index < -0.39 is 66.0 Å². The molecule has 1 aromatic carbocycles. The third-order valence-electron chi connectivity index (χ3n) is 14.1. The summed E-state index contributed by atoms with van der Waals surface area (Å²) in [4.78, 5) is 73.7. The van der Waals surface area contributed by atoms with Crippen LogP contribution in [0, 0.1) is 17.2 Å². The molecule has 3 fully saturated rings. The highest BCUT2D eigenvalue weighted by atomic mass is 32.1. The van der Waals surface area contributed by atoms with Gasteiger partial charge in [-0.05, 0) is 62.9 Å². The lowest BCUT2D eigenvalue weighted by molar-refractivity contribution is -0.155. The van der Waals surface area contributed by atoms with Crippen molar-refractivity contribution in [3.05, 3.63) is 51.9 Å². The van der Waals surface area contributed by atoms with Crippen molar-refractivity contribution in [3.8, 4) is 22.5 Å². The molecule has 0 unspecified atom stereocenters. The Hall–Kier alpha value is -5.42. The topological polar surface area (TPSA) is 167 Å². The van der Waals surface area contributed by atoms with Gasteiger partial charge in [-0.1, -0.05) is 27.7 Å². The number of hydrogen-bond acceptors (Lipinski definition) is 13. The van der Waals surface area contributed by atoms with Gasteiger partial charge < -0.3 is 43.7 Å². The number of esters is 1. The van der Waals surface area contributed by atoms with Crippen LogP contribution in [0.5, 0.6) is 0 Å². The maximum absolute atomic E-state index is 16.9. The molecule has 7 heterocycles. The first-order chi connectivity index (χ1) is 34.1. The van der Waals surface area contributed by atoms with Crippen LogP contribution < -0.4 is 15.6 Å². The molecule has 4 atom stereocenters. The van der Waals surface area contributed by atoms with Gasteiger partial charge in [-0.15, -0.1) is 11.3 Å². The fraction of sp³-hybridized carbons (Fsp3) is 0.600. The molecule has 72 heavy (non-hydrogen) atoms. The van der Waals surface area contributed by atoms with E-state index in [1.54, 1.807) is 44.3 Å². The van der Waals surface area contributed by atoms with Gasteiger partial charge in [-0.25, -0.2) is 19.6 Å². The Morgan fingerprint density at radius 1 is 1.04 bits per heavy atom. The number of morpholine rings is 1. The Morgan fingerprint density at radius 2 is 1.76 bits per heavy atom. The average Bonchev–Trinajstić information content (AvgIpc) is 3.92. The minimum Gasteiger partial charge on any atom is -0.464 e. The maximum Gasteiger partial charge on any atom is 0.406 e. The molecule has 22 heteroatoms. The average molecular weight is 1030 g/mol. The summed E-state index contributed by atoms with van der Waals surface area (Å²) in [5, 5.41) is 6.50. The van der Waals surface area contributed by atoms with E-state index in [-0.39, 0.29) is 60.4 Å². The highest BCUT2D eigenvalue weighted by Crippen LogP contribution is 2.45. The third kappa shape index (κ3) is 11.5. The first kappa shape index (κ1) is 52.9. The van der Waals surface area contributed by atoms with E-state index in [1.807, 2.05) is 27.0 Å². The van der Waals surface area contributed by atoms with Crippen molar-refractivity contribution >= 4 is 51.7 Å². The number of piperazine rings is 1. The second kappa shape index (κ2) is 21.6. The minimum absolute atomic E-state index is 0.00565. The molecule has 3 saturated heterocycles. The number of cyclic esters (lactones) is 1. The molecule has 6 bridgehead atoms. The highest BCUT2D eigenvalue weighted by Gasteiger charge is 2.40. The Bertz CT molecular complexity index is 2650. The van der Waals surface area contributed by atoms with Gasteiger partial charge in [0.1, 0.15) is 30.5 Å². The molecule has 2 N–H and O–H groups in total. The van der Waals surface area contributed by atoms with Gasteiger partial charge in [-0.3, -0.25) is 24.4 Å². The quantitative estimate of drug-likeness (QED) is 0.148. The van der Waals surface area contributed by atoms with Crippen LogP contribution in [0.3, 0.4) is 0 Å². The molecule has 0 spiro atoms. The van der Waals surface area contributed by atoms with Crippen molar-refractivity contribution in [2.45, 2.75) is 97.3 Å². The number of carbonyl (C=O) groups excluding carboxylic acids is 4. The summed E-state index contributed by atoms with van der Waals surface area (Å²) in [7, 11) is 5.07. The van der Waals surface area contributed by atoms with E-state index in [9.17, 15) is 19.2 Å². The van der Waals surface area contributed by atoms with Gasteiger partial charge in [0.15, 0.2) is 0 Å². The molecule has 392 valence electrons. The molecule has 0 aliphatic carbocycles. The fourth-order valence-corrected chi connectivity index (χ4v) is 11.0. The lowest BCUT2D eigenvalue weighted by Gasteiger charge is -2.38. The van der Waals surface area contributed by atoms with E-state index in [2.05, 4.69) is 20.5 Å². The number of amides is 4. The summed E-state index contributed by atoms with van der Waals surface area (Å²) < 4.78 is 80.3. The predicted molar refractivity (Wildman–Crippen MR) is 264 cm³/mol. The summed E-state index contributed by atoms with van der Waals surface area (Å²) in [5.74, 6) is -2.99. The van der Waals surface area contributed by atoms with E-state index >= 15 is 17.6 Å². The van der Waals surface area contributed by atoms with Gasteiger partial charge in [0.2, 0.25) is 5.91 Å². The zero-order valence-corrected chi connectivity index (χ0v) is 43.1. The van der Waals surface area contributed by atoms with Gasteiger partial charge in [-0.2, -0.15) is 13.2 Å². The molecule has 3 aromatic heterocycles. The standard InChI is InChI=1S/C50H66F4N10O7S/c1-29(2)43(60(7)48(68)62-16-18-70-19-17-62)45(65)57-38-23-41-56-39(26-72-41)33-21-32-35(24-49(4,5)28-71-47(67)37-10-9-11-64(58-37)46(38)66)44(63(27-50(52,53)54)40(32)22-36(33)51)34-20-31(25-55-42(34)30(3)69-8)61-14-12-59(6)13-15-61/h20-22,25-26,29-30,37-38,43,58H,9-19,23-24,27-28H2,1-8H3,(H,57,65)/t30-,37-,38-,43-/m0/s1. The predicted octanol–water partition coefficient (Wildman–Crippen LogP) is 6.04. The fourth-order valence-electron chi connectivity index (χ4n) is 10.2. The van der Waals surface area contributed by atoms with Crippen molar-refractivity contribution in [2.75, 3.05) is 91.7 Å².